The number of unbranched alkanes of at least 4 members (excludes halogenated alkanes) is 28. The molecule has 7 heteroatoms. The summed E-state index contributed by atoms with van der Waals surface area (Å²) >= 11 is 5.13. The first-order valence-corrected chi connectivity index (χ1v) is 31.2. The Balaban J connectivity index is 5.73. The first-order valence-electron chi connectivity index (χ1n) is 23.6. The third kappa shape index (κ3) is 32.1. The SMILES string of the molecule is CCCCCCCCCCC[CH2][Sn]([CH2]CCCCCCCCCCC)([O]C(=O)C(CS)CCCCCCCC)[O]C(=O)C(CS)CCCCCCCC. The van der Waals surface area contributed by atoms with Crippen LogP contribution in [-0.4, -0.2) is 42.6 Å². The molecule has 2 unspecified atom stereocenters. The first kappa shape index (κ1) is 53.4. The van der Waals surface area contributed by atoms with E-state index in [0.717, 1.165) is 73.1 Å². The van der Waals surface area contributed by atoms with E-state index in [9.17, 15) is 9.59 Å². The second-order valence-electron chi connectivity index (χ2n) is 16.5. The average Bonchev–Trinajstić information content (AvgIpc) is 3.15. The van der Waals surface area contributed by atoms with Gasteiger partial charge in [-0.1, -0.05) is 0 Å². The van der Waals surface area contributed by atoms with Crippen molar-refractivity contribution in [1.29, 1.82) is 0 Å². The predicted octanol–water partition coefficient (Wildman–Crippen LogP) is 15.9. The molecular formula is C46H92O4S2Sn. The van der Waals surface area contributed by atoms with Crippen molar-refractivity contribution < 1.29 is 15.7 Å². The summed E-state index contributed by atoms with van der Waals surface area (Å²) in [5.74, 6) is 0.297. The van der Waals surface area contributed by atoms with Crippen LogP contribution >= 0.6 is 25.3 Å². The van der Waals surface area contributed by atoms with Crippen molar-refractivity contribution in [3.8, 4) is 0 Å². The molecule has 0 aliphatic rings. The van der Waals surface area contributed by atoms with Crippen LogP contribution in [0, 0.1) is 11.8 Å². The summed E-state index contributed by atoms with van der Waals surface area (Å²) in [5.41, 5.74) is 0. The molecule has 0 aliphatic heterocycles. The molecule has 0 saturated heterocycles. The molecule has 0 radical (unpaired) electrons. The Kier molecular flexibility index (Phi) is 41.0. The molecule has 0 aromatic carbocycles. The fourth-order valence-corrected chi connectivity index (χ4v) is 17.8. The molecule has 0 rings (SSSR count). The average molecular weight is 892 g/mol. The van der Waals surface area contributed by atoms with Crippen molar-refractivity contribution in [2.75, 3.05) is 11.5 Å². The normalized spacial score (nSPS) is 12.9. The summed E-state index contributed by atoms with van der Waals surface area (Å²) < 4.78 is 15.1. The van der Waals surface area contributed by atoms with E-state index in [1.807, 2.05) is 0 Å². The van der Waals surface area contributed by atoms with Gasteiger partial charge >= 0.3 is 350 Å². The zero-order chi connectivity index (χ0) is 39.1. The summed E-state index contributed by atoms with van der Waals surface area (Å²) in [6, 6.07) is 0. The van der Waals surface area contributed by atoms with Crippen molar-refractivity contribution in [1.82, 2.24) is 0 Å². The van der Waals surface area contributed by atoms with Gasteiger partial charge in [0.05, 0.1) is 0 Å². The number of carbonyl (C=O) groups excluding carboxylic acids is 2. The number of hydrogen-bond acceptors (Lipinski definition) is 6. The van der Waals surface area contributed by atoms with Gasteiger partial charge in [0.15, 0.2) is 0 Å². The van der Waals surface area contributed by atoms with Gasteiger partial charge in [-0.3, -0.25) is 0 Å². The molecule has 0 aromatic rings. The van der Waals surface area contributed by atoms with E-state index < -0.39 is 19.2 Å². The Morgan fingerprint density at radius 3 is 0.849 bits per heavy atom. The minimum absolute atomic E-state index is 0.130. The Morgan fingerprint density at radius 1 is 0.377 bits per heavy atom. The van der Waals surface area contributed by atoms with E-state index in [-0.39, 0.29) is 23.8 Å². The minimum atomic E-state index is -4.16. The molecule has 0 saturated carbocycles. The molecule has 0 fully saturated rings. The quantitative estimate of drug-likeness (QED) is 0.0364. The van der Waals surface area contributed by atoms with Crippen LogP contribution in [0.15, 0.2) is 0 Å². The third-order valence-electron chi connectivity index (χ3n) is 11.3. The van der Waals surface area contributed by atoms with Crippen molar-refractivity contribution >= 4 is 56.4 Å². The topological polar surface area (TPSA) is 52.6 Å². The van der Waals surface area contributed by atoms with Gasteiger partial charge < -0.3 is 0 Å². The summed E-state index contributed by atoms with van der Waals surface area (Å²) in [4.78, 5) is 28.0. The van der Waals surface area contributed by atoms with Gasteiger partial charge in [-0.25, -0.2) is 0 Å². The molecule has 316 valence electrons. The Labute approximate surface area is 348 Å². The van der Waals surface area contributed by atoms with Crippen LogP contribution in [0.4, 0.5) is 0 Å². The Morgan fingerprint density at radius 2 is 0.604 bits per heavy atom. The van der Waals surface area contributed by atoms with E-state index in [1.54, 1.807) is 0 Å². The second-order valence-corrected chi connectivity index (χ2v) is 26.4. The molecule has 0 aliphatic carbocycles. The van der Waals surface area contributed by atoms with Crippen molar-refractivity contribution in [3.05, 3.63) is 0 Å². The monoisotopic (exact) mass is 893 g/mol. The van der Waals surface area contributed by atoms with Crippen molar-refractivity contribution in [2.24, 2.45) is 11.8 Å². The fourth-order valence-electron chi connectivity index (χ4n) is 7.56. The fraction of sp³-hybridized carbons (Fsp3) is 0.957. The molecule has 4 nitrogen and oxygen atoms in total. The van der Waals surface area contributed by atoms with Crippen molar-refractivity contribution in [2.45, 2.75) is 255 Å². The van der Waals surface area contributed by atoms with Gasteiger partial charge in [-0.2, -0.15) is 0 Å². The first-order chi connectivity index (χ1) is 25.9. The maximum absolute atomic E-state index is 14.0. The van der Waals surface area contributed by atoms with Gasteiger partial charge in [0.2, 0.25) is 0 Å². The number of rotatable bonds is 42. The summed E-state index contributed by atoms with van der Waals surface area (Å²) in [7, 11) is 0. The third-order valence-corrected chi connectivity index (χ3v) is 21.8. The van der Waals surface area contributed by atoms with E-state index in [1.165, 1.54) is 154 Å². The Bertz CT molecular complexity index is 733. The molecule has 0 heterocycles. The van der Waals surface area contributed by atoms with E-state index in [2.05, 4.69) is 53.0 Å². The van der Waals surface area contributed by atoms with E-state index in [4.69, 9.17) is 6.15 Å². The molecule has 0 bridgehead atoms. The van der Waals surface area contributed by atoms with Gasteiger partial charge in [-0.15, -0.1) is 0 Å². The van der Waals surface area contributed by atoms with Crippen LogP contribution in [0.1, 0.15) is 246 Å². The number of carbonyl (C=O) groups is 2. The zero-order valence-electron chi connectivity index (χ0n) is 36.1. The molecule has 0 amide bonds. The molecule has 0 N–H and O–H groups in total. The van der Waals surface area contributed by atoms with Crippen LogP contribution in [0.5, 0.6) is 0 Å². The summed E-state index contributed by atoms with van der Waals surface area (Å²) in [6.07, 6.45) is 41.3. The van der Waals surface area contributed by atoms with Crippen LogP contribution < -0.4 is 0 Å². The van der Waals surface area contributed by atoms with Gasteiger partial charge in [0.1, 0.15) is 0 Å². The Hall–Kier alpha value is 0.439. The van der Waals surface area contributed by atoms with E-state index in [0.29, 0.717) is 11.5 Å². The molecule has 2 atom stereocenters. The van der Waals surface area contributed by atoms with Crippen LogP contribution in [0.3, 0.4) is 0 Å². The van der Waals surface area contributed by atoms with E-state index >= 15 is 0 Å². The van der Waals surface area contributed by atoms with Crippen LogP contribution in [-0.2, 0) is 15.7 Å². The van der Waals surface area contributed by atoms with Crippen LogP contribution in [0.25, 0.3) is 0 Å². The molecule has 53 heavy (non-hydrogen) atoms. The maximum atomic E-state index is 14.0. The molecular weight excluding hydrogens is 799 g/mol. The second kappa shape index (κ2) is 40.6. The summed E-state index contributed by atoms with van der Waals surface area (Å²) in [5, 5.41) is 0. The van der Waals surface area contributed by atoms with Gasteiger partial charge in [0.25, 0.3) is 0 Å². The summed E-state index contributed by atoms with van der Waals surface area (Å²) in [6.45, 7) is 9.04. The van der Waals surface area contributed by atoms with Gasteiger partial charge in [-0.05, 0) is 0 Å². The van der Waals surface area contributed by atoms with Gasteiger partial charge in [0, 0.05) is 0 Å². The number of thiol groups is 2. The zero-order valence-corrected chi connectivity index (χ0v) is 40.7. The van der Waals surface area contributed by atoms with Crippen molar-refractivity contribution in [3.63, 3.8) is 0 Å². The predicted molar refractivity (Wildman–Crippen MR) is 242 cm³/mol. The van der Waals surface area contributed by atoms with Crippen LogP contribution in [0.2, 0.25) is 8.87 Å². The number of hydrogen-bond donors (Lipinski definition) is 2. The standard InChI is InChI=1S/2C12H25.2C11H22O2S.Sn/c2*1-3-5-7-9-11-12-10-8-6-4-2;2*1-2-3-4-5-6-7-8-10(9-14)11(12)13;/h2*1,3-12H2,2H3;2*10,14H,2-9H2,1H3,(H,12,13);/q;;;;+2/p-2. The molecule has 0 aromatic heterocycles. The molecule has 0 spiro atoms.